The van der Waals surface area contributed by atoms with E-state index in [1.54, 1.807) is 0 Å². The molecule has 9 heteroatoms. The molecule has 2 aromatic heterocycles. The van der Waals surface area contributed by atoms with Crippen molar-refractivity contribution >= 4 is 33.9 Å². The second kappa shape index (κ2) is 9.81. The second-order valence-corrected chi connectivity index (χ2v) is 9.36. The summed E-state index contributed by atoms with van der Waals surface area (Å²) < 4.78 is 11.0. The third-order valence-corrected chi connectivity index (χ3v) is 6.93. The second-order valence-electron chi connectivity index (χ2n) is 8.92. The number of morpholine rings is 1. The highest BCUT2D eigenvalue weighted by Gasteiger charge is 2.21. The van der Waals surface area contributed by atoms with Crippen LogP contribution in [-0.4, -0.2) is 72.5 Å². The maximum absolute atomic E-state index is 6.09. The van der Waals surface area contributed by atoms with Crippen LogP contribution in [0.5, 0.6) is 0 Å². The van der Waals surface area contributed by atoms with E-state index in [1.807, 2.05) is 30.5 Å². The lowest BCUT2D eigenvalue weighted by atomic mass is 10.1. The summed E-state index contributed by atoms with van der Waals surface area (Å²) in [5, 5.41) is 6.03. The molecular formula is C26H27ClN6O2. The molecule has 8 nitrogen and oxygen atoms in total. The fraction of sp³-hybridized carbons (Fsp3) is 0.346. The first-order chi connectivity index (χ1) is 17.2. The number of hydrogen-bond acceptors (Lipinski definition) is 8. The van der Waals surface area contributed by atoms with E-state index in [1.165, 1.54) is 16.8 Å². The van der Waals surface area contributed by atoms with Gasteiger partial charge in [-0.05, 0) is 42.5 Å². The first-order valence-corrected chi connectivity index (χ1v) is 12.4. The molecule has 0 bridgehead atoms. The van der Waals surface area contributed by atoms with Gasteiger partial charge in [-0.25, -0.2) is 0 Å². The number of hydrogen-bond donors (Lipinski definition) is 0. The minimum absolute atomic E-state index is 0.501. The molecule has 0 aliphatic carbocycles. The fourth-order valence-electron chi connectivity index (χ4n) is 4.82. The monoisotopic (exact) mass is 490 g/mol. The average Bonchev–Trinajstić information content (AvgIpc) is 3.38. The van der Waals surface area contributed by atoms with E-state index in [-0.39, 0.29) is 0 Å². The van der Waals surface area contributed by atoms with Crippen LogP contribution in [0.2, 0.25) is 5.02 Å². The Morgan fingerprint density at radius 1 is 0.886 bits per heavy atom. The molecule has 0 unspecified atom stereocenters. The van der Waals surface area contributed by atoms with Gasteiger partial charge in [0.05, 0.1) is 25.3 Å². The Morgan fingerprint density at radius 2 is 1.74 bits per heavy atom. The van der Waals surface area contributed by atoms with Crippen molar-refractivity contribution in [1.29, 1.82) is 0 Å². The predicted molar refractivity (Wildman–Crippen MR) is 137 cm³/mol. The Kier molecular flexibility index (Phi) is 6.24. The summed E-state index contributed by atoms with van der Waals surface area (Å²) in [6, 6.07) is 16.2. The molecule has 0 amide bonds. The zero-order valence-corrected chi connectivity index (χ0v) is 20.2. The number of ether oxygens (including phenoxy) is 1. The predicted octanol–water partition coefficient (Wildman–Crippen LogP) is 4.10. The summed E-state index contributed by atoms with van der Waals surface area (Å²) in [6.45, 7) is 7.80. The van der Waals surface area contributed by atoms with Crippen molar-refractivity contribution < 1.29 is 9.26 Å². The molecule has 4 heterocycles. The minimum atomic E-state index is 0.501. The highest BCUT2D eigenvalue weighted by Crippen LogP contribution is 2.30. The highest BCUT2D eigenvalue weighted by molar-refractivity contribution is 6.30. The summed E-state index contributed by atoms with van der Waals surface area (Å²) in [4.78, 5) is 16.4. The number of rotatable bonds is 5. The van der Waals surface area contributed by atoms with Gasteiger partial charge in [0.1, 0.15) is 0 Å². The highest BCUT2D eigenvalue weighted by atomic mass is 35.5. The van der Waals surface area contributed by atoms with Crippen molar-refractivity contribution in [3.8, 4) is 11.5 Å². The molecule has 0 radical (unpaired) electrons. The Hall–Kier alpha value is -3.20. The Balaban J connectivity index is 1.11. The van der Waals surface area contributed by atoms with Gasteiger partial charge in [-0.2, -0.15) is 4.98 Å². The molecule has 180 valence electrons. The summed E-state index contributed by atoms with van der Waals surface area (Å²) >= 11 is 6.09. The smallest absolute Gasteiger partial charge is 0.258 e. The van der Waals surface area contributed by atoms with Crippen LogP contribution in [0.1, 0.15) is 5.82 Å². The van der Waals surface area contributed by atoms with Crippen molar-refractivity contribution in [3.05, 3.63) is 65.6 Å². The normalized spacial score (nSPS) is 17.3. The first kappa shape index (κ1) is 22.3. The van der Waals surface area contributed by atoms with Crippen LogP contribution in [0.4, 0.5) is 11.4 Å². The van der Waals surface area contributed by atoms with Gasteiger partial charge in [-0.1, -0.05) is 22.8 Å². The molecule has 0 saturated carbocycles. The van der Waals surface area contributed by atoms with Crippen LogP contribution >= 0.6 is 11.6 Å². The van der Waals surface area contributed by atoms with Gasteiger partial charge in [-0.3, -0.25) is 9.88 Å². The summed E-state index contributed by atoms with van der Waals surface area (Å²) in [7, 11) is 0. The number of piperazine rings is 1. The molecule has 2 fully saturated rings. The number of aromatic nitrogens is 3. The number of pyridine rings is 1. The van der Waals surface area contributed by atoms with Gasteiger partial charge >= 0.3 is 0 Å². The molecule has 0 atom stereocenters. The van der Waals surface area contributed by atoms with Crippen molar-refractivity contribution in [2.45, 2.75) is 6.54 Å². The Labute approximate surface area is 209 Å². The number of nitrogens with zero attached hydrogens (tertiary/aromatic N) is 6. The van der Waals surface area contributed by atoms with Crippen LogP contribution in [0.15, 0.2) is 59.3 Å². The number of fused-ring (bicyclic) bond motifs is 1. The van der Waals surface area contributed by atoms with Crippen molar-refractivity contribution in [1.82, 2.24) is 20.0 Å². The lowest BCUT2D eigenvalue weighted by Crippen LogP contribution is -2.46. The lowest BCUT2D eigenvalue weighted by Gasteiger charge is -2.36. The molecular weight excluding hydrogens is 464 g/mol. The largest absolute Gasteiger partial charge is 0.378 e. The summed E-state index contributed by atoms with van der Waals surface area (Å²) in [5.41, 5.74) is 4.33. The number of benzene rings is 2. The van der Waals surface area contributed by atoms with Gasteiger partial charge < -0.3 is 19.1 Å². The van der Waals surface area contributed by atoms with E-state index >= 15 is 0 Å². The van der Waals surface area contributed by atoms with Gasteiger partial charge in [0, 0.05) is 72.8 Å². The van der Waals surface area contributed by atoms with Crippen molar-refractivity contribution in [2.75, 3.05) is 62.3 Å². The first-order valence-electron chi connectivity index (χ1n) is 12.0. The fourth-order valence-corrected chi connectivity index (χ4v) is 5.01. The molecule has 6 rings (SSSR count). The molecule has 0 N–H and O–H groups in total. The molecule has 2 saturated heterocycles. The third kappa shape index (κ3) is 4.82. The van der Waals surface area contributed by atoms with E-state index in [9.17, 15) is 0 Å². The Bertz CT molecular complexity index is 1310. The van der Waals surface area contributed by atoms with Crippen LogP contribution < -0.4 is 9.80 Å². The number of anilines is 2. The Morgan fingerprint density at radius 3 is 2.57 bits per heavy atom. The van der Waals surface area contributed by atoms with E-state index in [0.717, 1.165) is 63.6 Å². The number of halogens is 1. The van der Waals surface area contributed by atoms with Crippen LogP contribution in [0.3, 0.4) is 0 Å². The van der Waals surface area contributed by atoms with E-state index in [0.29, 0.717) is 23.3 Å². The van der Waals surface area contributed by atoms with Gasteiger partial charge in [0.25, 0.3) is 5.89 Å². The van der Waals surface area contributed by atoms with E-state index in [4.69, 9.17) is 20.9 Å². The molecule has 35 heavy (non-hydrogen) atoms. The molecule has 0 spiro atoms. The average molecular weight is 491 g/mol. The quantitative estimate of drug-likeness (QED) is 0.414. The molecule has 2 aliphatic rings. The zero-order chi connectivity index (χ0) is 23.6. The lowest BCUT2D eigenvalue weighted by molar-refractivity contribution is 0.122. The molecule has 2 aromatic carbocycles. The van der Waals surface area contributed by atoms with Crippen LogP contribution in [-0.2, 0) is 11.3 Å². The summed E-state index contributed by atoms with van der Waals surface area (Å²) in [6.07, 6.45) is 1.92. The minimum Gasteiger partial charge on any atom is -0.378 e. The zero-order valence-electron chi connectivity index (χ0n) is 19.4. The molecule has 2 aliphatic heterocycles. The van der Waals surface area contributed by atoms with E-state index < -0.39 is 0 Å². The van der Waals surface area contributed by atoms with E-state index in [2.05, 4.69) is 54.1 Å². The molecule has 4 aromatic rings. The van der Waals surface area contributed by atoms with Crippen molar-refractivity contribution in [3.63, 3.8) is 0 Å². The van der Waals surface area contributed by atoms with Gasteiger partial charge in [0.15, 0.2) is 5.82 Å². The van der Waals surface area contributed by atoms with Crippen LogP contribution in [0, 0.1) is 0 Å². The SMILES string of the molecule is Clc1cccc(-c2nc(CN3CCN(c4ccnc5cc(N6CCOCC6)ccc45)CC3)no2)c1. The van der Waals surface area contributed by atoms with Gasteiger partial charge in [0.2, 0.25) is 0 Å². The standard InChI is InChI=1S/C26H27ClN6O2/c27-20-3-1-2-19(16-20)26-29-25(30-35-26)18-31-8-10-33(11-9-31)24-6-7-28-23-17-21(4-5-22(23)24)32-12-14-34-15-13-32/h1-7,16-17H,8-15,18H2. The maximum Gasteiger partial charge on any atom is 0.258 e. The van der Waals surface area contributed by atoms with Crippen molar-refractivity contribution in [2.24, 2.45) is 0 Å². The van der Waals surface area contributed by atoms with Crippen LogP contribution in [0.25, 0.3) is 22.4 Å². The summed E-state index contributed by atoms with van der Waals surface area (Å²) in [5.74, 6) is 1.19. The van der Waals surface area contributed by atoms with Gasteiger partial charge in [-0.15, -0.1) is 0 Å². The third-order valence-electron chi connectivity index (χ3n) is 6.70. The maximum atomic E-state index is 6.09. The topological polar surface area (TPSA) is 70.8 Å².